The molecule has 17 heavy (non-hydrogen) atoms. The zero-order chi connectivity index (χ0) is 12.7. The Kier molecular flexibility index (Phi) is 5.57. The molecule has 4 heteroatoms. The summed E-state index contributed by atoms with van der Waals surface area (Å²) in [6.07, 6.45) is 2.01. The van der Waals surface area contributed by atoms with E-state index in [4.69, 9.17) is 16.3 Å². The number of ether oxygens (including phenoxy) is 1. The Hall–Kier alpha value is -1.48. The summed E-state index contributed by atoms with van der Waals surface area (Å²) in [6, 6.07) is 5.50. The number of rotatable bonds is 6. The van der Waals surface area contributed by atoms with Crippen LogP contribution < -0.4 is 10.1 Å². The first-order valence-corrected chi connectivity index (χ1v) is 5.80. The molecule has 3 nitrogen and oxygen atoms in total. The van der Waals surface area contributed by atoms with Crippen LogP contribution in [-0.2, 0) is 4.79 Å². The molecule has 0 heterocycles. The molecule has 1 rings (SSSR count). The van der Waals surface area contributed by atoms with Crippen LogP contribution in [0.4, 0.5) is 0 Å². The second-order valence-corrected chi connectivity index (χ2v) is 4.04. The van der Waals surface area contributed by atoms with Gasteiger partial charge in [-0.2, -0.15) is 0 Å². The second-order valence-electron chi connectivity index (χ2n) is 3.61. The topological polar surface area (TPSA) is 38.3 Å². The third-order valence-electron chi connectivity index (χ3n) is 2.20. The van der Waals surface area contributed by atoms with Gasteiger partial charge < -0.3 is 10.1 Å². The second kappa shape index (κ2) is 6.97. The highest BCUT2D eigenvalue weighted by molar-refractivity contribution is 6.30. The molecular weight excluding hydrogens is 238 g/mol. The molecule has 0 aliphatic rings. The van der Waals surface area contributed by atoms with Gasteiger partial charge in [-0.3, -0.25) is 4.79 Å². The number of amides is 1. The fraction of sp³-hybridized carbons (Fsp3) is 0.308. The zero-order valence-corrected chi connectivity index (χ0v) is 10.6. The van der Waals surface area contributed by atoms with Crippen molar-refractivity contribution in [3.63, 3.8) is 0 Å². The number of halogens is 1. The number of hydrogen-bond acceptors (Lipinski definition) is 2. The van der Waals surface area contributed by atoms with Gasteiger partial charge in [-0.1, -0.05) is 18.2 Å². The van der Waals surface area contributed by atoms with E-state index in [0.717, 1.165) is 17.7 Å². The number of benzene rings is 1. The number of nitrogens with one attached hydrogen (secondary N) is 1. The predicted octanol–water partition coefficient (Wildman–Crippen LogP) is 2.72. The summed E-state index contributed by atoms with van der Waals surface area (Å²) in [6.45, 7) is 6.45. The minimum atomic E-state index is -0.160. The highest BCUT2D eigenvalue weighted by atomic mass is 35.5. The van der Waals surface area contributed by atoms with E-state index in [1.54, 1.807) is 6.07 Å². The van der Waals surface area contributed by atoms with Crippen LogP contribution in [0.15, 0.2) is 30.9 Å². The normalized spacial score (nSPS) is 9.76. The van der Waals surface area contributed by atoms with Crippen molar-refractivity contribution in [2.75, 3.05) is 13.2 Å². The first kappa shape index (κ1) is 13.6. The van der Waals surface area contributed by atoms with Gasteiger partial charge in [0, 0.05) is 11.6 Å². The average molecular weight is 254 g/mol. The predicted molar refractivity (Wildman–Crippen MR) is 69.5 cm³/mol. The highest BCUT2D eigenvalue weighted by Gasteiger charge is 2.00. The van der Waals surface area contributed by atoms with Crippen LogP contribution in [0.25, 0.3) is 0 Å². The third-order valence-corrected chi connectivity index (χ3v) is 2.44. The van der Waals surface area contributed by atoms with Crippen molar-refractivity contribution in [2.24, 2.45) is 0 Å². The van der Waals surface area contributed by atoms with E-state index in [0.29, 0.717) is 18.2 Å². The Bertz CT molecular complexity index is 404. The van der Waals surface area contributed by atoms with Gasteiger partial charge in [-0.05, 0) is 43.2 Å². The number of aryl methyl sites for hydroxylation is 1. The van der Waals surface area contributed by atoms with Gasteiger partial charge in [0.1, 0.15) is 5.75 Å². The lowest BCUT2D eigenvalue weighted by Gasteiger charge is -2.09. The maximum Gasteiger partial charge on any atom is 0.243 e. The lowest BCUT2D eigenvalue weighted by Crippen LogP contribution is -2.23. The number of carbonyl (C=O) groups is 1. The highest BCUT2D eigenvalue weighted by Crippen LogP contribution is 2.21. The van der Waals surface area contributed by atoms with Crippen molar-refractivity contribution in [3.8, 4) is 5.75 Å². The number of hydrogen-bond donors (Lipinski definition) is 1. The molecule has 0 aromatic heterocycles. The Morgan fingerprint density at radius 3 is 3.00 bits per heavy atom. The van der Waals surface area contributed by atoms with Crippen molar-refractivity contribution in [1.29, 1.82) is 0 Å². The van der Waals surface area contributed by atoms with Crippen LogP contribution in [0, 0.1) is 6.92 Å². The summed E-state index contributed by atoms with van der Waals surface area (Å²) < 4.78 is 5.57. The van der Waals surface area contributed by atoms with E-state index in [-0.39, 0.29) is 5.91 Å². The molecule has 0 bridgehead atoms. The molecule has 0 atom stereocenters. The maximum absolute atomic E-state index is 10.9. The molecule has 0 aliphatic carbocycles. The maximum atomic E-state index is 10.9. The SMILES string of the molecule is C=CC(=O)NCCCOc1ccc(Cl)cc1C. The summed E-state index contributed by atoms with van der Waals surface area (Å²) in [7, 11) is 0. The van der Waals surface area contributed by atoms with E-state index < -0.39 is 0 Å². The first-order valence-electron chi connectivity index (χ1n) is 5.42. The fourth-order valence-corrected chi connectivity index (χ4v) is 1.54. The molecule has 0 saturated carbocycles. The van der Waals surface area contributed by atoms with Crippen molar-refractivity contribution in [2.45, 2.75) is 13.3 Å². The molecule has 0 unspecified atom stereocenters. The molecular formula is C13H16ClNO2. The lowest BCUT2D eigenvalue weighted by molar-refractivity contribution is -0.116. The Labute approximate surface area is 106 Å². The van der Waals surface area contributed by atoms with Crippen molar-refractivity contribution < 1.29 is 9.53 Å². The summed E-state index contributed by atoms with van der Waals surface area (Å²) in [5.41, 5.74) is 1.01. The van der Waals surface area contributed by atoms with E-state index in [2.05, 4.69) is 11.9 Å². The lowest BCUT2D eigenvalue weighted by atomic mass is 10.2. The fourth-order valence-electron chi connectivity index (χ4n) is 1.31. The van der Waals surface area contributed by atoms with Crippen LogP contribution in [0.2, 0.25) is 5.02 Å². The van der Waals surface area contributed by atoms with Crippen molar-refractivity contribution in [1.82, 2.24) is 5.32 Å². The van der Waals surface area contributed by atoms with Gasteiger partial charge in [0.05, 0.1) is 6.61 Å². The molecule has 1 amide bonds. The van der Waals surface area contributed by atoms with E-state index in [1.807, 2.05) is 19.1 Å². The largest absolute Gasteiger partial charge is 0.493 e. The van der Waals surface area contributed by atoms with Crippen LogP contribution >= 0.6 is 11.6 Å². The van der Waals surface area contributed by atoms with Gasteiger partial charge in [-0.15, -0.1) is 0 Å². The summed E-state index contributed by atoms with van der Waals surface area (Å²) in [5.74, 6) is 0.664. The molecule has 0 aliphatic heterocycles. The van der Waals surface area contributed by atoms with Gasteiger partial charge in [0.15, 0.2) is 0 Å². The minimum absolute atomic E-state index is 0.160. The van der Waals surface area contributed by atoms with Crippen molar-refractivity contribution >= 4 is 17.5 Å². The molecule has 0 radical (unpaired) electrons. The van der Waals surface area contributed by atoms with Gasteiger partial charge in [-0.25, -0.2) is 0 Å². The van der Waals surface area contributed by atoms with Crippen LogP contribution in [0.3, 0.4) is 0 Å². The Morgan fingerprint density at radius 1 is 1.59 bits per heavy atom. The molecule has 1 aromatic rings. The van der Waals surface area contributed by atoms with Gasteiger partial charge in [0.25, 0.3) is 0 Å². The van der Waals surface area contributed by atoms with E-state index in [1.165, 1.54) is 6.08 Å². The minimum Gasteiger partial charge on any atom is -0.493 e. The summed E-state index contributed by atoms with van der Waals surface area (Å²) in [4.78, 5) is 10.9. The quantitative estimate of drug-likeness (QED) is 0.625. The van der Waals surface area contributed by atoms with E-state index >= 15 is 0 Å². The zero-order valence-electron chi connectivity index (χ0n) is 9.83. The van der Waals surface area contributed by atoms with Gasteiger partial charge in [0.2, 0.25) is 5.91 Å². The summed E-state index contributed by atoms with van der Waals surface area (Å²) >= 11 is 5.84. The standard InChI is InChI=1S/C13H16ClNO2/c1-3-13(16)15-7-4-8-17-12-6-5-11(14)9-10(12)2/h3,5-6,9H,1,4,7-8H2,2H3,(H,15,16). The molecule has 1 aromatic carbocycles. The summed E-state index contributed by atoms with van der Waals surface area (Å²) in [5, 5.41) is 3.39. The third kappa shape index (κ3) is 4.91. The monoisotopic (exact) mass is 253 g/mol. The smallest absolute Gasteiger partial charge is 0.243 e. The molecule has 0 spiro atoms. The Balaban J connectivity index is 2.26. The first-order chi connectivity index (χ1) is 8.13. The number of carbonyl (C=O) groups excluding carboxylic acids is 1. The average Bonchev–Trinajstić information content (AvgIpc) is 2.30. The van der Waals surface area contributed by atoms with E-state index in [9.17, 15) is 4.79 Å². The van der Waals surface area contributed by atoms with Crippen LogP contribution in [0.5, 0.6) is 5.75 Å². The van der Waals surface area contributed by atoms with Crippen LogP contribution in [-0.4, -0.2) is 19.1 Å². The Morgan fingerprint density at radius 2 is 2.35 bits per heavy atom. The molecule has 0 fully saturated rings. The molecule has 92 valence electrons. The van der Waals surface area contributed by atoms with Crippen molar-refractivity contribution in [3.05, 3.63) is 41.4 Å². The molecule has 1 N–H and O–H groups in total. The molecule has 0 saturated heterocycles. The van der Waals surface area contributed by atoms with Crippen LogP contribution in [0.1, 0.15) is 12.0 Å². The van der Waals surface area contributed by atoms with Gasteiger partial charge >= 0.3 is 0 Å².